The lowest BCUT2D eigenvalue weighted by atomic mass is 9.97. The van der Waals surface area contributed by atoms with Crippen molar-refractivity contribution >= 4 is 22.6 Å². The fourth-order valence-corrected chi connectivity index (χ4v) is 2.68. The highest BCUT2D eigenvalue weighted by molar-refractivity contribution is 6.00. The summed E-state index contributed by atoms with van der Waals surface area (Å²) in [6.45, 7) is 2.08. The maximum atomic E-state index is 12.5. The number of allylic oxidation sites excluding steroid dienone is 1. The van der Waals surface area contributed by atoms with E-state index in [4.69, 9.17) is 0 Å². The van der Waals surface area contributed by atoms with Gasteiger partial charge in [0.15, 0.2) is 5.78 Å². The van der Waals surface area contributed by atoms with E-state index in [1.54, 1.807) is 0 Å². The molecule has 23 heavy (non-hydrogen) atoms. The highest BCUT2D eigenvalue weighted by Crippen LogP contribution is 2.19. The van der Waals surface area contributed by atoms with E-state index in [1.165, 1.54) is 5.39 Å². The second kappa shape index (κ2) is 7.06. The fourth-order valence-electron chi connectivity index (χ4n) is 2.68. The van der Waals surface area contributed by atoms with Gasteiger partial charge in [0.25, 0.3) is 0 Å². The molecule has 1 heteroatoms. The van der Waals surface area contributed by atoms with Crippen molar-refractivity contribution in [3.63, 3.8) is 0 Å². The zero-order valence-corrected chi connectivity index (χ0v) is 13.3. The average molecular weight is 300 g/mol. The SMILES string of the molecule is C[C@H](/C=C/c1ccccc1)CC(=O)c1ccc2ccccc2c1. The molecular formula is C22H20O. The molecule has 1 nitrogen and oxygen atoms in total. The summed E-state index contributed by atoms with van der Waals surface area (Å²) >= 11 is 0. The van der Waals surface area contributed by atoms with Crippen LogP contribution in [0, 0.1) is 5.92 Å². The van der Waals surface area contributed by atoms with Crippen molar-refractivity contribution in [1.29, 1.82) is 0 Å². The summed E-state index contributed by atoms with van der Waals surface area (Å²) in [5.41, 5.74) is 1.96. The van der Waals surface area contributed by atoms with Crippen LogP contribution in [0.15, 0.2) is 78.9 Å². The Morgan fingerprint density at radius 1 is 0.913 bits per heavy atom. The smallest absolute Gasteiger partial charge is 0.163 e. The highest BCUT2D eigenvalue weighted by Gasteiger charge is 2.10. The molecule has 0 aliphatic rings. The molecule has 3 aromatic rings. The van der Waals surface area contributed by atoms with Gasteiger partial charge in [0.2, 0.25) is 0 Å². The number of ketones is 1. The molecule has 0 heterocycles. The van der Waals surface area contributed by atoms with E-state index in [2.05, 4.69) is 37.3 Å². The van der Waals surface area contributed by atoms with Gasteiger partial charge in [-0.1, -0.05) is 85.8 Å². The van der Waals surface area contributed by atoms with E-state index < -0.39 is 0 Å². The summed E-state index contributed by atoms with van der Waals surface area (Å²) in [6.07, 6.45) is 4.72. The van der Waals surface area contributed by atoms with E-state index in [-0.39, 0.29) is 11.7 Å². The molecule has 0 saturated heterocycles. The Kier molecular flexibility index (Phi) is 4.68. The Bertz CT molecular complexity index is 831. The molecular weight excluding hydrogens is 280 g/mol. The number of fused-ring (bicyclic) bond motifs is 1. The number of hydrogen-bond acceptors (Lipinski definition) is 1. The molecule has 1 atom stereocenters. The largest absolute Gasteiger partial charge is 0.294 e. The summed E-state index contributed by atoms with van der Waals surface area (Å²) in [6, 6.07) is 24.2. The lowest BCUT2D eigenvalue weighted by Crippen LogP contribution is -2.04. The van der Waals surface area contributed by atoms with Crippen LogP contribution in [0.5, 0.6) is 0 Å². The Morgan fingerprint density at radius 2 is 1.61 bits per heavy atom. The van der Waals surface area contributed by atoms with Gasteiger partial charge >= 0.3 is 0 Å². The van der Waals surface area contributed by atoms with Gasteiger partial charge in [-0.15, -0.1) is 0 Å². The first-order valence-corrected chi connectivity index (χ1v) is 7.97. The maximum Gasteiger partial charge on any atom is 0.163 e. The molecule has 0 bridgehead atoms. The van der Waals surface area contributed by atoms with Crippen LogP contribution in [-0.2, 0) is 0 Å². The molecule has 0 aromatic heterocycles. The van der Waals surface area contributed by atoms with Gasteiger partial charge in [-0.25, -0.2) is 0 Å². The highest BCUT2D eigenvalue weighted by atomic mass is 16.1. The van der Waals surface area contributed by atoms with Crippen LogP contribution in [0.25, 0.3) is 16.8 Å². The topological polar surface area (TPSA) is 17.1 Å². The van der Waals surface area contributed by atoms with E-state index in [0.29, 0.717) is 6.42 Å². The van der Waals surface area contributed by atoms with Crippen molar-refractivity contribution in [2.75, 3.05) is 0 Å². The van der Waals surface area contributed by atoms with Gasteiger partial charge in [-0.2, -0.15) is 0 Å². The van der Waals surface area contributed by atoms with Gasteiger partial charge in [0.1, 0.15) is 0 Å². The van der Waals surface area contributed by atoms with Crippen molar-refractivity contribution in [1.82, 2.24) is 0 Å². The van der Waals surface area contributed by atoms with Crippen LogP contribution in [0.2, 0.25) is 0 Å². The Balaban J connectivity index is 1.68. The molecule has 0 radical (unpaired) electrons. The van der Waals surface area contributed by atoms with E-state index in [9.17, 15) is 4.79 Å². The molecule has 0 unspecified atom stereocenters. The van der Waals surface area contributed by atoms with Crippen LogP contribution in [-0.4, -0.2) is 5.78 Å². The Morgan fingerprint density at radius 3 is 2.39 bits per heavy atom. The molecule has 114 valence electrons. The predicted molar refractivity (Wildman–Crippen MR) is 97.5 cm³/mol. The van der Waals surface area contributed by atoms with Crippen molar-refractivity contribution in [2.24, 2.45) is 5.92 Å². The third-order valence-corrected chi connectivity index (χ3v) is 4.00. The number of hydrogen-bond donors (Lipinski definition) is 0. The molecule has 0 fully saturated rings. The van der Waals surface area contributed by atoms with E-state index in [1.807, 2.05) is 54.6 Å². The molecule has 3 aromatic carbocycles. The van der Waals surface area contributed by atoms with Crippen LogP contribution >= 0.6 is 0 Å². The minimum Gasteiger partial charge on any atom is -0.294 e. The van der Waals surface area contributed by atoms with Gasteiger partial charge in [0, 0.05) is 12.0 Å². The van der Waals surface area contributed by atoms with E-state index in [0.717, 1.165) is 16.5 Å². The Labute approximate surface area is 137 Å². The van der Waals surface area contributed by atoms with Gasteiger partial charge in [-0.3, -0.25) is 4.79 Å². The number of carbonyl (C=O) groups is 1. The number of carbonyl (C=O) groups excluding carboxylic acids is 1. The monoisotopic (exact) mass is 300 g/mol. The molecule has 0 aliphatic carbocycles. The Hall–Kier alpha value is -2.67. The lowest BCUT2D eigenvalue weighted by molar-refractivity contribution is 0.0972. The zero-order valence-electron chi connectivity index (χ0n) is 13.3. The molecule has 3 rings (SSSR count). The van der Waals surface area contributed by atoms with Crippen LogP contribution in [0.1, 0.15) is 29.3 Å². The summed E-state index contributed by atoms with van der Waals surface area (Å²) in [5, 5.41) is 2.28. The van der Waals surface area contributed by atoms with Crippen LogP contribution in [0.4, 0.5) is 0 Å². The number of benzene rings is 3. The summed E-state index contributed by atoms with van der Waals surface area (Å²) in [4.78, 5) is 12.5. The number of rotatable bonds is 5. The van der Waals surface area contributed by atoms with Crippen molar-refractivity contribution in [3.8, 4) is 0 Å². The molecule has 0 aliphatic heterocycles. The quantitative estimate of drug-likeness (QED) is 0.547. The third kappa shape index (κ3) is 3.95. The lowest BCUT2D eigenvalue weighted by Gasteiger charge is -2.07. The summed E-state index contributed by atoms with van der Waals surface area (Å²) < 4.78 is 0. The minimum atomic E-state index is 0.195. The molecule has 0 saturated carbocycles. The zero-order chi connectivity index (χ0) is 16.1. The van der Waals surface area contributed by atoms with Gasteiger partial charge in [-0.05, 0) is 28.3 Å². The molecule has 0 N–H and O–H groups in total. The standard InChI is InChI=1S/C22H20O/c1-17(11-12-18-7-3-2-4-8-18)15-22(23)21-14-13-19-9-5-6-10-20(19)16-21/h2-14,16-17H,15H2,1H3/b12-11+/t17-/m1/s1. The predicted octanol–water partition coefficient (Wildman–Crippen LogP) is 5.76. The van der Waals surface area contributed by atoms with Gasteiger partial charge < -0.3 is 0 Å². The normalized spacial score (nSPS) is 12.6. The second-order valence-corrected chi connectivity index (χ2v) is 5.94. The van der Waals surface area contributed by atoms with Crippen molar-refractivity contribution < 1.29 is 4.79 Å². The van der Waals surface area contributed by atoms with Gasteiger partial charge in [0.05, 0.1) is 0 Å². The van der Waals surface area contributed by atoms with Crippen LogP contribution in [0.3, 0.4) is 0 Å². The fraction of sp³-hybridized carbons (Fsp3) is 0.136. The minimum absolute atomic E-state index is 0.195. The summed E-state index contributed by atoms with van der Waals surface area (Å²) in [7, 11) is 0. The first-order chi connectivity index (χ1) is 11.2. The second-order valence-electron chi connectivity index (χ2n) is 5.94. The van der Waals surface area contributed by atoms with Crippen LogP contribution < -0.4 is 0 Å². The van der Waals surface area contributed by atoms with Crippen molar-refractivity contribution in [2.45, 2.75) is 13.3 Å². The first-order valence-electron chi connectivity index (χ1n) is 7.97. The third-order valence-electron chi connectivity index (χ3n) is 4.00. The summed E-state index contributed by atoms with van der Waals surface area (Å²) in [5.74, 6) is 0.412. The maximum absolute atomic E-state index is 12.5. The molecule has 0 spiro atoms. The van der Waals surface area contributed by atoms with Crippen molar-refractivity contribution in [3.05, 3.63) is 90.0 Å². The number of Topliss-reactive ketones (excluding diaryl/α,β-unsaturated/α-hetero) is 1. The molecule has 0 amide bonds. The average Bonchev–Trinajstić information content (AvgIpc) is 2.60. The van der Waals surface area contributed by atoms with E-state index >= 15 is 0 Å². The first kappa shape index (κ1) is 15.2.